The van der Waals surface area contributed by atoms with Crippen molar-refractivity contribution < 1.29 is 4.42 Å². The minimum Gasteiger partial charge on any atom is -0.456 e. The van der Waals surface area contributed by atoms with E-state index in [1.54, 1.807) is 0 Å². The lowest BCUT2D eigenvalue weighted by molar-refractivity contribution is 0.669. The topological polar surface area (TPSA) is 13.1 Å². The van der Waals surface area contributed by atoms with Crippen molar-refractivity contribution in [2.75, 3.05) is 0 Å². The molecule has 9 aromatic carbocycles. The Morgan fingerprint density at radius 2 is 0.786 bits per heavy atom. The fourth-order valence-electron chi connectivity index (χ4n) is 9.13. The van der Waals surface area contributed by atoms with E-state index in [9.17, 15) is 0 Å². The van der Waals surface area contributed by atoms with Crippen LogP contribution in [0.3, 0.4) is 0 Å². The second-order valence-electron chi connectivity index (χ2n) is 14.8. The number of hydrogen-bond acceptors (Lipinski definition) is 2. The van der Waals surface area contributed by atoms with E-state index < -0.39 is 0 Å². The zero-order chi connectivity index (χ0) is 36.7. The molecule has 0 unspecified atom stereocenters. The first-order chi connectivity index (χ1) is 27.8. The summed E-state index contributed by atoms with van der Waals surface area (Å²) in [5, 5.41) is 4.87. The molecule has 1 nitrogen and oxygen atoms in total. The van der Waals surface area contributed by atoms with E-state index in [-0.39, 0.29) is 0 Å². The minimum atomic E-state index is 0.904. The van der Waals surface area contributed by atoms with Gasteiger partial charge in [0.25, 0.3) is 0 Å². The monoisotopic (exact) mass is 728 g/mol. The van der Waals surface area contributed by atoms with Gasteiger partial charge >= 0.3 is 0 Å². The van der Waals surface area contributed by atoms with Crippen LogP contribution in [-0.4, -0.2) is 0 Å². The van der Waals surface area contributed by atoms with Crippen LogP contribution in [0, 0.1) is 0 Å². The highest BCUT2D eigenvalue weighted by Gasteiger charge is 2.24. The normalized spacial score (nSPS) is 11.9. The largest absolute Gasteiger partial charge is 0.456 e. The molecule has 0 amide bonds. The Morgan fingerprint density at radius 1 is 0.286 bits per heavy atom. The molecule has 0 aliphatic heterocycles. The van der Waals surface area contributed by atoms with Crippen molar-refractivity contribution in [1.29, 1.82) is 0 Å². The van der Waals surface area contributed by atoms with Gasteiger partial charge in [0.1, 0.15) is 11.2 Å². The van der Waals surface area contributed by atoms with E-state index in [4.69, 9.17) is 4.42 Å². The molecule has 260 valence electrons. The number of hydrogen-bond donors (Lipinski definition) is 0. The zero-order valence-corrected chi connectivity index (χ0v) is 31.1. The fourth-order valence-corrected chi connectivity index (χ4v) is 10.4. The third kappa shape index (κ3) is 4.73. The molecule has 0 N–H and O–H groups in total. The number of benzene rings is 9. The van der Waals surface area contributed by atoms with Gasteiger partial charge in [-0.1, -0.05) is 152 Å². The average molecular weight is 729 g/mol. The van der Waals surface area contributed by atoms with Crippen LogP contribution in [0.2, 0.25) is 0 Å². The van der Waals surface area contributed by atoms with Gasteiger partial charge in [0.2, 0.25) is 0 Å². The van der Waals surface area contributed by atoms with Crippen molar-refractivity contribution in [1.82, 2.24) is 0 Å². The van der Waals surface area contributed by atoms with Crippen LogP contribution in [0.4, 0.5) is 0 Å². The molecule has 0 saturated heterocycles. The van der Waals surface area contributed by atoms with E-state index in [1.807, 2.05) is 17.4 Å². The van der Waals surface area contributed by atoms with Gasteiger partial charge in [-0.25, -0.2) is 0 Å². The summed E-state index contributed by atoms with van der Waals surface area (Å²) in [4.78, 5) is 0. The predicted octanol–water partition coefficient (Wildman–Crippen LogP) is 15.9. The van der Waals surface area contributed by atoms with Gasteiger partial charge in [0.15, 0.2) is 0 Å². The molecule has 56 heavy (non-hydrogen) atoms. The Kier molecular flexibility index (Phi) is 6.87. The molecule has 2 heteroatoms. The van der Waals surface area contributed by atoms with Crippen molar-refractivity contribution in [3.05, 3.63) is 194 Å². The van der Waals surface area contributed by atoms with Crippen molar-refractivity contribution in [3.8, 4) is 77.9 Å². The van der Waals surface area contributed by atoms with E-state index in [1.165, 1.54) is 92.5 Å². The molecule has 1 aliphatic carbocycles. The molecule has 12 rings (SSSR count). The number of furan rings is 1. The summed E-state index contributed by atoms with van der Waals surface area (Å²) in [7, 11) is 0. The summed E-state index contributed by atoms with van der Waals surface area (Å²) >= 11 is 1.88. The molecular formula is C54H32OS. The van der Waals surface area contributed by atoms with Crippen LogP contribution < -0.4 is 0 Å². The minimum absolute atomic E-state index is 0.904. The Labute approximate surface area is 328 Å². The molecule has 0 spiro atoms. The number of para-hydroxylation sites is 1. The molecule has 0 atom stereocenters. The van der Waals surface area contributed by atoms with Crippen LogP contribution in [0.15, 0.2) is 199 Å². The fraction of sp³-hybridized carbons (Fsp3) is 0. The summed E-state index contributed by atoms with van der Waals surface area (Å²) in [5.74, 6) is 0. The van der Waals surface area contributed by atoms with Gasteiger partial charge in [-0.15, -0.1) is 11.3 Å². The maximum atomic E-state index is 6.28. The third-order valence-electron chi connectivity index (χ3n) is 11.7. The first-order valence-electron chi connectivity index (χ1n) is 19.2. The first-order valence-corrected chi connectivity index (χ1v) is 20.0. The lowest BCUT2D eigenvalue weighted by atomic mass is 9.78. The Morgan fingerprint density at radius 3 is 1.55 bits per heavy atom. The van der Waals surface area contributed by atoms with Crippen LogP contribution in [0.1, 0.15) is 0 Å². The highest BCUT2D eigenvalue weighted by atomic mass is 32.1. The summed E-state index contributed by atoms with van der Waals surface area (Å²) in [6.45, 7) is 0. The molecule has 0 radical (unpaired) electrons. The Hall–Kier alpha value is -7.00. The van der Waals surface area contributed by atoms with Crippen LogP contribution in [0.5, 0.6) is 0 Å². The van der Waals surface area contributed by atoms with Gasteiger partial charge in [-0.3, -0.25) is 0 Å². The summed E-state index contributed by atoms with van der Waals surface area (Å²) in [5.41, 5.74) is 19.0. The molecule has 0 saturated carbocycles. The van der Waals surface area contributed by atoms with Crippen LogP contribution >= 0.6 is 11.3 Å². The summed E-state index contributed by atoms with van der Waals surface area (Å²) in [6, 6.07) is 71.4. The maximum absolute atomic E-state index is 6.28. The Balaban J connectivity index is 1.17. The van der Waals surface area contributed by atoms with Gasteiger partial charge in [-0.2, -0.15) is 0 Å². The van der Waals surface area contributed by atoms with Crippen molar-refractivity contribution in [2.45, 2.75) is 0 Å². The van der Waals surface area contributed by atoms with Gasteiger partial charge in [0, 0.05) is 30.9 Å². The van der Waals surface area contributed by atoms with Crippen LogP contribution in [0.25, 0.3) is 120 Å². The SMILES string of the molecule is c1ccc2c(c1)-c1ccccc1-c1cccc(-c3cc(-c4ccc5oc6ccccc6c5c4)cc(-c4cccc5c4sc4ccccc45)c3)c1-c1ccccc1-2. The standard InChI is InChI=1S/C54H32OS/c1-2-14-40-39(13-1)41-15-3-4-16-43(41)47-23-11-21-37(53(47)46-20-6-5-17-42(40)46)35-29-34(33-27-28-51-49(32-33)44-18-7-9-25-50(44)55-51)30-36(31-35)38-22-12-24-48-45-19-8-10-26-52(45)56-54(38)48/h1-32H. The van der Waals surface area contributed by atoms with Crippen molar-refractivity contribution in [3.63, 3.8) is 0 Å². The van der Waals surface area contributed by atoms with Crippen molar-refractivity contribution in [2.24, 2.45) is 0 Å². The first kappa shape index (κ1) is 31.4. The van der Waals surface area contributed by atoms with E-state index in [0.29, 0.717) is 0 Å². The molecule has 2 aromatic heterocycles. The molecule has 0 fully saturated rings. The molecule has 11 aromatic rings. The van der Waals surface area contributed by atoms with Gasteiger partial charge in [-0.05, 0) is 120 Å². The average Bonchev–Trinajstić information content (AvgIpc) is 3.84. The number of rotatable bonds is 3. The van der Waals surface area contributed by atoms with E-state index >= 15 is 0 Å². The molecular weight excluding hydrogens is 697 g/mol. The predicted molar refractivity (Wildman–Crippen MR) is 238 cm³/mol. The third-order valence-corrected chi connectivity index (χ3v) is 12.9. The van der Waals surface area contributed by atoms with E-state index in [2.05, 4.69) is 188 Å². The summed E-state index contributed by atoms with van der Waals surface area (Å²) < 4.78 is 8.90. The second-order valence-corrected chi connectivity index (χ2v) is 15.8. The van der Waals surface area contributed by atoms with Crippen molar-refractivity contribution >= 4 is 53.4 Å². The lowest BCUT2D eigenvalue weighted by Crippen LogP contribution is -1.99. The molecule has 2 heterocycles. The molecule has 1 aliphatic rings. The second kappa shape index (κ2) is 12.3. The number of thiophene rings is 1. The highest BCUT2D eigenvalue weighted by Crippen LogP contribution is 2.51. The maximum Gasteiger partial charge on any atom is 0.135 e. The summed E-state index contributed by atoms with van der Waals surface area (Å²) in [6.07, 6.45) is 0. The lowest BCUT2D eigenvalue weighted by Gasteiger charge is -2.25. The van der Waals surface area contributed by atoms with Crippen LogP contribution in [-0.2, 0) is 0 Å². The van der Waals surface area contributed by atoms with Gasteiger partial charge < -0.3 is 4.42 Å². The smallest absolute Gasteiger partial charge is 0.135 e. The highest BCUT2D eigenvalue weighted by molar-refractivity contribution is 7.26. The number of fused-ring (bicyclic) bond motifs is 14. The Bertz CT molecular complexity index is 3370. The van der Waals surface area contributed by atoms with E-state index in [0.717, 1.165) is 27.5 Å². The zero-order valence-electron chi connectivity index (χ0n) is 30.3. The quantitative estimate of drug-likeness (QED) is 0.177. The van der Waals surface area contributed by atoms with Gasteiger partial charge in [0.05, 0.1) is 0 Å². The molecule has 0 bridgehead atoms.